The number of carbonyl (C=O) groups excluding carboxylic acids is 6. The fourth-order valence-corrected chi connectivity index (χ4v) is 8.24. The molecule has 0 radical (unpaired) electrons. The zero-order chi connectivity index (χ0) is 39.2. The van der Waals surface area contributed by atoms with Gasteiger partial charge in [-0.25, -0.2) is 0 Å². The van der Waals surface area contributed by atoms with Crippen molar-refractivity contribution in [2.75, 3.05) is 6.54 Å². The molecule has 1 saturated heterocycles. The van der Waals surface area contributed by atoms with Gasteiger partial charge in [0, 0.05) is 37.8 Å². The summed E-state index contributed by atoms with van der Waals surface area (Å²) < 4.78 is 0. The topological polar surface area (TPSA) is 151 Å². The number of benzene rings is 1. The van der Waals surface area contributed by atoms with E-state index in [0.717, 1.165) is 24.8 Å². The number of aromatic amines is 1. The molecule has 2 aliphatic rings. The Morgan fingerprint density at radius 2 is 1.55 bits per heavy atom. The number of Topliss-reactive ketones (excluding diaryl/α,β-unsaturated/α-hetero) is 4. The Bertz CT molecular complexity index is 1720. The van der Waals surface area contributed by atoms with Crippen LogP contribution in [0.5, 0.6) is 0 Å². The van der Waals surface area contributed by atoms with E-state index in [0.29, 0.717) is 19.4 Å². The highest BCUT2D eigenvalue weighted by Gasteiger charge is 2.52. The first-order valence-electron chi connectivity index (χ1n) is 19.3. The third-order valence-corrected chi connectivity index (χ3v) is 11.3. The molecule has 0 bridgehead atoms. The zero-order valence-corrected chi connectivity index (χ0v) is 32.8. The van der Waals surface area contributed by atoms with E-state index in [9.17, 15) is 33.6 Å². The van der Waals surface area contributed by atoms with Gasteiger partial charge in [0.05, 0.1) is 17.7 Å². The number of H-pyrrole nitrogens is 1. The summed E-state index contributed by atoms with van der Waals surface area (Å²) in [5.74, 6) is -4.08. The fourth-order valence-electron chi connectivity index (χ4n) is 8.24. The second-order valence-electron chi connectivity index (χ2n) is 17.5. The Morgan fingerprint density at radius 1 is 0.868 bits per heavy atom. The number of pyridine rings is 1. The minimum Gasteiger partial charge on any atom is -0.344 e. The highest BCUT2D eigenvalue weighted by molar-refractivity contribution is 6.38. The lowest BCUT2D eigenvalue weighted by molar-refractivity contribution is -0.146. The van der Waals surface area contributed by atoms with Crippen molar-refractivity contribution in [3.8, 4) is 0 Å². The van der Waals surface area contributed by atoms with Gasteiger partial charge in [0.2, 0.25) is 23.2 Å². The van der Waals surface area contributed by atoms with Gasteiger partial charge < -0.3 is 15.2 Å². The van der Waals surface area contributed by atoms with Gasteiger partial charge in [-0.2, -0.15) is 0 Å². The average molecular weight is 730 g/mol. The van der Waals surface area contributed by atoms with Gasteiger partial charge in [-0.1, -0.05) is 105 Å². The minimum atomic E-state index is -1.00. The van der Waals surface area contributed by atoms with E-state index >= 15 is 0 Å². The molecule has 7 atom stereocenters. The van der Waals surface area contributed by atoms with Crippen LogP contribution in [0, 0.1) is 34.5 Å². The molecule has 2 amide bonds. The molecule has 1 aromatic carbocycles. The smallest absolute Gasteiger partial charge is 0.248 e. The van der Waals surface area contributed by atoms with Gasteiger partial charge in [-0.15, -0.1) is 0 Å². The number of rotatable bonds is 16. The summed E-state index contributed by atoms with van der Waals surface area (Å²) in [5, 5.41) is 3.00. The third-order valence-electron chi connectivity index (χ3n) is 11.3. The van der Waals surface area contributed by atoms with Crippen molar-refractivity contribution in [3.05, 3.63) is 70.1 Å². The average Bonchev–Trinajstić information content (AvgIpc) is 3.70. The molecule has 2 unspecified atom stereocenters. The maximum Gasteiger partial charge on any atom is 0.248 e. The molecule has 2 fully saturated rings. The number of hydrogen-bond acceptors (Lipinski definition) is 7. The molecule has 2 aromatic rings. The quantitative estimate of drug-likeness (QED) is 0.148. The molecule has 2 heterocycles. The van der Waals surface area contributed by atoms with E-state index < -0.39 is 63.6 Å². The van der Waals surface area contributed by atoms with Crippen molar-refractivity contribution >= 4 is 34.9 Å². The molecule has 1 aromatic heterocycles. The Kier molecular flexibility index (Phi) is 13.6. The Hall–Kier alpha value is -4.21. The highest BCUT2D eigenvalue weighted by atomic mass is 16.2. The van der Waals surface area contributed by atoms with Crippen LogP contribution in [0.25, 0.3) is 0 Å². The van der Waals surface area contributed by atoms with Crippen molar-refractivity contribution in [3.63, 3.8) is 0 Å². The zero-order valence-electron chi connectivity index (χ0n) is 32.8. The molecule has 288 valence electrons. The van der Waals surface area contributed by atoms with Crippen molar-refractivity contribution in [1.82, 2.24) is 15.2 Å². The first-order valence-corrected chi connectivity index (χ1v) is 19.3. The Morgan fingerprint density at radius 3 is 2.15 bits per heavy atom. The molecular weight excluding hydrogens is 670 g/mol. The highest BCUT2D eigenvalue weighted by Crippen LogP contribution is 2.44. The maximum absolute atomic E-state index is 14.7. The van der Waals surface area contributed by atoms with E-state index in [1.807, 2.05) is 85.7 Å². The second-order valence-corrected chi connectivity index (χ2v) is 17.5. The summed E-state index contributed by atoms with van der Waals surface area (Å²) in [6, 6.07) is 12.1. The van der Waals surface area contributed by atoms with Gasteiger partial charge >= 0.3 is 0 Å². The lowest BCUT2D eigenvalue weighted by atomic mass is 9.76. The van der Waals surface area contributed by atoms with Crippen molar-refractivity contribution in [2.45, 2.75) is 125 Å². The number of fused-ring (bicyclic) bond motifs is 1. The van der Waals surface area contributed by atoms with Crippen LogP contribution in [-0.4, -0.2) is 63.5 Å². The number of nitrogens with zero attached hydrogens (tertiary/aromatic N) is 1. The number of nitrogens with one attached hydrogen (secondary N) is 2. The monoisotopic (exact) mass is 729 g/mol. The Labute approximate surface area is 314 Å². The van der Waals surface area contributed by atoms with Gasteiger partial charge in [0.1, 0.15) is 6.04 Å². The van der Waals surface area contributed by atoms with Gasteiger partial charge in [-0.05, 0) is 59.5 Å². The standard InChI is InChI=1S/C43H59N3O7/c1-9-15-28(38(51)35(49)22-26(2)27-16-11-10-12-17-27)23-34(48)37-30-19-13-18-29(30)25-46(37)41(53)39(43(6,7)8)45-40(52)31(42(3,4)5)24-33(47)32-20-14-21-36(50)44-32/h10-12,14,16-17,20-21,26,28-31,37,39H,9,13,15,18-19,22-25H2,1-8H3,(H,44,50)(H,45,52)/t26-,28+,29?,30?,31+,37+,39-/m1/s1. The number of amides is 2. The largest absolute Gasteiger partial charge is 0.344 e. The van der Waals surface area contributed by atoms with E-state index in [-0.39, 0.29) is 54.4 Å². The van der Waals surface area contributed by atoms with Crippen molar-refractivity contribution in [2.24, 2.45) is 34.5 Å². The number of aromatic nitrogens is 1. The molecule has 1 saturated carbocycles. The normalized spacial score (nSPS) is 20.9. The van der Waals surface area contributed by atoms with Crippen molar-refractivity contribution in [1.29, 1.82) is 0 Å². The van der Waals surface area contributed by atoms with Crippen LogP contribution in [0.15, 0.2) is 53.3 Å². The van der Waals surface area contributed by atoms with Gasteiger partial charge in [0.15, 0.2) is 17.3 Å². The first kappa shape index (κ1) is 41.5. The summed E-state index contributed by atoms with van der Waals surface area (Å²) >= 11 is 0. The summed E-state index contributed by atoms with van der Waals surface area (Å²) in [4.78, 5) is 99.3. The second kappa shape index (κ2) is 17.3. The number of carbonyl (C=O) groups is 6. The molecule has 1 aliphatic carbocycles. The lowest BCUT2D eigenvalue weighted by Crippen LogP contribution is -2.59. The van der Waals surface area contributed by atoms with E-state index in [4.69, 9.17) is 0 Å². The lowest BCUT2D eigenvalue weighted by Gasteiger charge is -2.38. The van der Waals surface area contributed by atoms with Gasteiger partial charge in [-0.3, -0.25) is 33.6 Å². The van der Waals surface area contributed by atoms with Crippen molar-refractivity contribution < 1.29 is 28.8 Å². The molecule has 0 spiro atoms. The van der Waals surface area contributed by atoms with Crippen LogP contribution in [0.3, 0.4) is 0 Å². The van der Waals surface area contributed by atoms with Crippen LogP contribution in [0.2, 0.25) is 0 Å². The molecule has 4 rings (SSSR count). The molecule has 1 aliphatic heterocycles. The summed E-state index contributed by atoms with van der Waals surface area (Å²) in [5.41, 5.74) is -0.754. The molecule has 10 nitrogen and oxygen atoms in total. The maximum atomic E-state index is 14.7. The molecule has 10 heteroatoms. The minimum absolute atomic E-state index is 0.0538. The van der Waals surface area contributed by atoms with Gasteiger partial charge in [0.25, 0.3) is 0 Å². The summed E-state index contributed by atoms with van der Waals surface area (Å²) in [6.07, 6.45) is 3.41. The number of likely N-dealkylation sites (tertiary alicyclic amines) is 1. The van der Waals surface area contributed by atoms with E-state index in [1.165, 1.54) is 18.2 Å². The Balaban J connectivity index is 1.55. The molecular formula is C43H59N3O7. The SMILES string of the molecule is CCC[C@@H](CC(=O)[C@@H]1C2CCCC2CN1C(=O)[C@@H](NC(=O)[C@H](CC(=O)c1cccc(=O)[nH]1)C(C)(C)C)C(C)(C)C)C(=O)C(=O)C[C@@H](C)c1ccccc1. The summed E-state index contributed by atoms with van der Waals surface area (Å²) in [7, 11) is 0. The van der Waals surface area contributed by atoms with E-state index in [1.54, 1.807) is 4.90 Å². The first-order chi connectivity index (χ1) is 24.8. The van der Waals surface area contributed by atoms with Crippen LogP contribution in [-0.2, 0) is 24.0 Å². The van der Waals surface area contributed by atoms with Crippen LogP contribution < -0.4 is 10.9 Å². The number of ketones is 4. The fraction of sp³-hybridized carbons (Fsp3) is 0.605. The van der Waals surface area contributed by atoms with Crippen LogP contribution in [0.4, 0.5) is 0 Å². The predicted molar refractivity (Wildman–Crippen MR) is 204 cm³/mol. The van der Waals surface area contributed by atoms with E-state index in [2.05, 4.69) is 10.3 Å². The third kappa shape index (κ3) is 10.3. The predicted octanol–water partition coefficient (Wildman–Crippen LogP) is 6.48. The van der Waals surface area contributed by atoms with Crippen LogP contribution >= 0.6 is 0 Å². The van der Waals surface area contributed by atoms with Crippen LogP contribution in [0.1, 0.15) is 129 Å². The molecule has 53 heavy (non-hydrogen) atoms. The number of hydrogen-bond donors (Lipinski definition) is 2. The summed E-state index contributed by atoms with van der Waals surface area (Å²) in [6.45, 7) is 15.3. The molecule has 2 N–H and O–H groups in total.